The van der Waals surface area contributed by atoms with Crippen LogP contribution in [0.4, 0.5) is 0 Å². The fraction of sp³-hybridized carbons (Fsp3) is 0.833. The third-order valence-electron chi connectivity index (χ3n) is 5.90. The Hall–Kier alpha value is -1.63. The topological polar surface area (TPSA) is 86.2 Å². The van der Waals surface area contributed by atoms with Crippen molar-refractivity contribution in [3.63, 3.8) is 0 Å². The van der Waals surface area contributed by atoms with Gasteiger partial charge in [-0.2, -0.15) is 5.10 Å². The highest BCUT2D eigenvalue weighted by molar-refractivity contribution is 5.81. The van der Waals surface area contributed by atoms with Crippen LogP contribution in [-0.2, 0) is 18.4 Å². The van der Waals surface area contributed by atoms with Crippen LogP contribution in [0.5, 0.6) is 0 Å². The maximum absolute atomic E-state index is 12.6. The van der Waals surface area contributed by atoms with Crippen molar-refractivity contribution in [3.8, 4) is 0 Å². The van der Waals surface area contributed by atoms with E-state index in [4.69, 9.17) is 5.73 Å². The van der Waals surface area contributed by atoms with E-state index in [0.29, 0.717) is 25.6 Å². The lowest BCUT2D eigenvalue weighted by molar-refractivity contribution is -0.134. The second-order valence-electron chi connectivity index (χ2n) is 7.60. The molecule has 1 saturated heterocycles. The van der Waals surface area contributed by atoms with Crippen LogP contribution in [0.3, 0.4) is 0 Å². The molecule has 25 heavy (non-hydrogen) atoms. The number of likely N-dealkylation sites (tertiary alicyclic amines) is 1. The molecule has 7 heteroatoms. The first-order chi connectivity index (χ1) is 12.0. The Morgan fingerprint density at radius 1 is 1.24 bits per heavy atom. The maximum atomic E-state index is 12.6. The van der Waals surface area contributed by atoms with Crippen LogP contribution in [0.2, 0.25) is 0 Å². The van der Waals surface area contributed by atoms with Crippen LogP contribution >= 0.6 is 0 Å². The summed E-state index contributed by atoms with van der Waals surface area (Å²) >= 11 is 0. The zero-order valence-electron chi connectivity index (χ0n) is 15.5. The van der Waals surface area contributed by atoms with E-state index in [9.17, 15) is 9.59 Å². The molecule has 3 rings (SSSR count). The van der Waals surface area contributed by atoms with Gasteiger partial charge in [0.1, 0.15) is 5.82 Å². The summed E-state index contributed by atoms with van der Waals surface area (Å²) in [6.07, 6.45) is 7.51. The van der Waals surface area contributed by atoms with Gasteiger partial charge < -0.3 is 10.6 Å². The molecular weight excluding hydrogens is 318 g/mol. The zero-order chi connectivity index (χ0) is 18.0. The van der Waals surface area contributed by atoms with E-state index >= 15 is 0 Å². The molecule has 2 N–H and O–H groups in total. The second-order valence-corrected chi connectivity index (χ2v) is 7.60. The summed E-state index contributed by atoms with van der Waals surface area (Å²) in [5, 5.41) is 4.42. The molecule has 1 unspecified atom stereocenters. The largest absolute Gasteiger partial charge is 0.345 e. The van der Waals surface area contributed by atoms with Crippen LogP contribution in [0.25, 0.3) is 0 Å². The van der Waals surface area contributed by atoms with Crippen molar-refractivity contribution >= 4 is 5.91 Å². The van der Waals surface area contributed by atoms with Crippen LogP contribution in [0.15, 0.2) is 4.79 Å². The van der Waals surface area contributed by atoms with E-state index in [1.165, 1.54) is 30.4 Å². The number of carbonyl (C=O) groups excluding carboxylic acids is 1. The predicted molar refractivity (Wildman–Crippen MR) is 96.2 cm³/mol. The third kappa shape index (κ3) is 3.81. The highest BCUT2D eigenvalue weighted by Gasteiger charge is 2.31. The molecular formula is C18H31N5O2. The number of nitrogens with zero attached hydrogens (tertiary/aromatic N) is 4. The van der Waals surface area contributed by atoms with Crippen molar-refractivity contribution in [2.24, 2.45) is 18.7 Å². The molecule has 2 aliphatic rings. The highest BCUT2D eigenvalue weighted by Crippen LogP contribution is 2.30. The average molecular weight is 349 g/mol. The zero-order valence-corrected chi connectivity index (χ0v) is 15.5. The van der Waals surface area contributed by atoms with Crippen LogP contribution in [0, 0.1) is 5.92 Å². The summed E-state index contributed by atoms with van der Waals surface area (Å²) < 4.78 is 3.15. The summed E-state index contributed by atoms with van der Waals surface area (Å²) in [6, 6.07) is -0.358. The fourth-order valence-electron chi connectivity index (χ4n) is 4.42. The molecule has 1 atom stereocenters. The van der Waals surface area contributed by atoms with Gasteiger partial charge in [-0.1, -0.05) is 25.7 Å². The number of hydrogen-bond donors (Lipinski definition) is 1. The lowest BCUT2D eigenvalue weighted by atomic mass is 9.94. The summed E-state index contributed by atoms with van der Waals surface area (Å²) in [5.41, 5.74) is 6.13. The second kappa shape index (κ2) is 7.72. The fourth-order valence-corrected chi connectivity index (χ4v) is 4.42. The van der Waals surface area contributed by atoms with Gasteiger partial charge in [-0.15, -0.1) is 0 Å². The summed E-state index contributed by atoms with van der Waals surface area (Å²) in [6.45, 7) is 4.01. The van der Waals surface area contributed by atoms with Crippen molar-refractivity contribution < 1.29 is 4.79 Å². The van der Waals surface area contributed by atoms with E-state index in [-0.39, 0.29) is 23.6 Å². The number of nitrogens with two attached hydrogens (primary N) is 1. The van der Waals surface area contributed by atoms with Crippen LogP contribution < -0.4 is 11.4 Å². The standard InChI is InChI=1S/C18H31N5O2/c1-3-23-16(20-21(2)18(23)25)14-8-10-22(11-9-14)17(24)15(19)12-13-6-4-5-7-13/h13-15H,3-12,19H2,1-2H3. The van der Waals surface area contributed by atoms with E-state index in [0.717, 1.165) is 25.1 Å². The monoisotopic (exact) mass is 349 g/mol. The quantitative estimate of drug-likeness (QED) is 0.866. The average Bonchev–Trinajstić information content (AvgIpc) is 3.23. The predicted octanol–water partition coefficient (Wildman–Crippen LogP) is 1.22. The lowest BCUT2D eigenvalue weighted by Gasteiger charge is -2.33. The molecule has 1 aromatic rings. The number of hydrogen-bond acceptors (Lipinski definition) is 4. The Bertz CT molecular complexity index is 651. The molecule has 140 valence electrons. The molecule has 0 radical (unpaired) electrons. The van der Waals surface area contributed by atoms with Crippen LogP contribution in [-0.4, -0.2) is 44.3 Å². The number of amides is 1. The normalized spacial score (nSPS) is 21.0. The SMILES string of the molecule is CCn1c(C2CCN(C(=O)C(N)CC3CCCC3)CC2)nn(C)c1=O. The van der Waals surface area contributed by atoms with Gasteiger partial charge in [-0.3, -0.25) is 9.36 Å². The van der Waals surface area contributed by atoms with Crippen LogP contribution in [0.1, 0.15) is 63.6 Å². The summed E-state index contributed by atoms with van der Waals surface area (Å²) in [7, 11) is 1.69. The van der Waals surface area contributed by atoms with Crippen molar-refractivity contribution in [2.75, 3.05) is 13.1 Å². The summed E-state index contributed by atoms with van der Waals surface area (Å²) in [5.74, 6) is 1.82. The molecule has 1 saturated carbocycles. The van der Waals surface area contributed by atoms with Crippen molar-refractivity contribution in [1.82, 2.24) is 19.2 Å². The molecule has 1 aromatic heterocycles. The minimum Gasteiger partial charge on any atom is -0.341 e. The number of piperidine rings is 1. The molecule has 0 bridgehead atoms. The van der Waals surface area contributed by atoms with Gasteiger partial charge >= 0.3 is 5.69 Å². The molecule has 1 aliphatic carbocycles. The number of aryl methyl sites for hydroxylation is 1. The molecule has 2 fully saturated rings. The van der Waals surface area contributed by atoms with Gasteiger partial charge in [0.15, 0.2) is 0 Å². The van der Waals surface area contributed by atoms with E-state index in [1.807, 2.05) is 11.8 Å². The molecule has 1 aliphatic heterocycles. The highest BCUT2D eigenvalue weighted by atomic mass is 16.2. The van der Waals surface area contributed by atoms with Gasteiger partial charge in [0.25, 0.3) is 0 Å². The van der Waals surface area contributed by atoms with Crippen molar-refractivity contribution in [3.05, 3.63) is 16.3 Å². The Balaban J connectivity index is 1.57. The van der Waals surface area contributed by atoms with Gasteiger partial charge in [0.05, 0.1) is 6.04 Å². The first kappa shape index (κ1) is 18.2. The smallest absolute Gasteiger partial charge is 0.341 e. The molecule has 7 nitrogen and oxygen atoms in total. The Kier molecular flexibility index (Phi) is 5.61. The van der Waals surface area contributed by atoms with Gasteiger partial charge in [0.2, 0.25) is 5.91 Å². The number of carbonyl (C=O) groups is 1. The third-order valence-corrected chi connectivity index (χ3v) is 5.90. The molecule has 2 heterocycles. The molecule has 0 aromatic carbocycles. The maximum Gasteiger partial charge on any atom is 0.345 e. The lowest BCUT2D eigenvalue weighted by Crippen LogP contribution is -2.47. The van der Waals surface area contributed by atoms with E-state index < -0.39 is 0 Å². The first-order valence-corrected chi connectivity index (χ1v) is 9.69. The molecule has 1 amide bonds. The van der Waals surface area contributed by atoms with Gasteiger partial charge in [0, 0.05) is 32.6 Å². The van der Waals surface area contributed by atoms with Crippen molar-refractivity contribution in [1.29, 1.82) is 0 Å². The summed E-state index contributed by atoms with van der Waals surface area (Å²) in [4.78, 5) is 26.6. The van der Waals surface area contributed by atoms with Crippen molar-refractivity contribution in [2.45, 2.75) is 70.4 Å². The first-order valence-electron chi connectivity index (χ1n) is 9.69. The van der Waals surface area contributed by atoms with Gasteiger partial charge in [-0.25, -0.2) is 9.48 Å². The van der Waals surface area contributed by atoms with E-state index in [1.54, 1.807) is 11.6 Å². The number of aromatic nitrogens is 3. The minimum absolute atomic E-state index is 0.0606. The Morgan fingerprint density at radius 2 is 1.88 bits per heavy atom. The molecule has 0 spiro atoms. The van der Waals surface area contributed by atoms with E-state index in [2.05, 4.69) is 5.10 Å². The van der Waals surface area contributed by atoms with Gasteiger partial charge in [-0.05, 0) is 32.1 Å². The Morgan fingerprint density at radius 3 is 2.48 bits per heavy atom. The Labute approximate surface area is 149 Å². The minimum atomic E-state index is -0.358. The number of rotatable bonds is 5.